The summed E-state index contributed by atoms with van der Waals surface area (Å²) in [7, 11) is 0. The second-order valence-corrected chi connectivity index (χ2v) is 7.12. The molecule has 1 fully saturated rings. The molecular formula is C15H22Cl2N2. The number of hydrogen-bond donors (Lipinski definition) is 1. The average Bonchev–Trinajstić information content (AvgIpc) is 2.33. The first-order valence-corrected chi connectivity index (χ1v) is 7.52. The minimum atomic E-state index is 0.267. The molecule has 1 saturated heterocycles. The molecular weight excluding hydrogens is 279 g/mol. The predicted molar refractivity (Wildman–Crippen MR) is 83.0 cm³/mol. The lowest BCUT2D eigenvalue weighted by Gasteiger charge is -2.40. The highest BCUT2D eigenvalue weighted by atomic mass is 35.5. The second kappa shape index (κ2) is 6.01. The summed E-state index contributed by atoms with van der Waals surface area (Å²) in [4.78, 5) is 2.43. The molecule has 1 aromatic carbocycles. The maximum Gasteiger partial charge on any atom is 0.0465 e. The van der Waals surface area contributed by atoms with Gasteiger partial charge in [0, 0.05) is 47.8 Å². The van der Waals surface area contributed by atoms with Crippen molar-refractivity contribution in [2.45, 2.75) is 33.4 Å². The van der Waals surface area contributed by atoms with E-state index in [9.17, 15) is 0 Å². The predicted octanol–water partition coefficient (Wildman–Crippen LogP) is 3.81. The third-order valence-corrected chi connectivity index (χ3v) is 4.46. The van der Waals surface area contributed by atoms with E-state index in [-0.39, 0.29) is 5.41 Å². The van der Waals surface area contributed by atoms with Crippen molar-refractivity contribution >= 4 is 23.2 Å². The van der Waals surface area contributed by atoms with E-state index in [4.69, 9.17) is 23.2 Å². The Hall–Kier alpha value is -0.280. The first kappa shape index (κ1) is 15.1. The van der Waals surface area contributed by atoms with Crippen LogP contribution in [0.5, 0.6) is 0 Å². The van der Waals surface area contributed by atoms with Gasteiger partial charge in [0.1, 0.15) is 0 Å². The van der Waals surface area contributed by atoms with Gasteiger partial charge in [-0.25, -0.2) is 0 Å². The standard InChI is InChI=1S/C15H22Cl2N2/c1-15(2,3)14-10-19(8-7-18-14)9-11-12(16)5-4-6-13(11)17/h4-6,14,18H,7-10H2,1-3H3. The van der Waals surface area contributed by atoms with E-state index in [1.165, 1.54) is 0 Å². The molecule has 0 spiro atoms. The van der Waals surface area contributed by atoms with E-state index in [0.29, 0.717) is 6.04 Å². The van der Waals surface area contributed by atoms with Crippen LogP contribution in [0.25, 0.3) is 0 Å². The minimum absolute atomic E-state index is 0.267. The van der Waals surface area contributed by atoms with Gasteiger partial charge in [0.25, 0.3) is 0 Å². The van der Waals surface area contributed by atoms with Gasteiger partial charge in [-0.3, -0.25) is 4.90 Å². The highest BCUT2D eigenvalue weighted by Crippen LogP contribution is 2.27. The Morgan fingerprint density at radius 2 is 1.89 bits per heavy atom. The van der Waals surface area contributed by atoms with Gasteiger partial charge in [0.15, 0.2) is 0 Å². The Balaban J connectivity index is 2.07. The summed E-state index contributed by atoms with van der Waals surface area (Å²) in [5.41, 5.74) is 1.31. The van der Waals surface area contributed by atoms with E-state index in [1.54, 1.807) is 0 Å². The SMILES string of the molecule is CC(C)(C)C1CN(Cc2c(Cl)cccc2Cl)CCN1. The van der Waals surface area contributed by atoms with Crippen LogP contribution in [0.4, 0.5) is 0 Å². The summed E-state index contributed by atoms with van der Waals surface area (Å²) >= 11 is 12.5. The van der Waals surface area contributed by atoms with Gasteiger partial charge in [-0.15, -0.1) is 0 Å². The third-order valence-electron chi connectivity index (χ3n) is 3.75. The van der Waals surface area contributed by atoms with Gasteiger partial charge >= 0.3 is 0 Å². The zero-order valence-corrected chi connectivity index (χ0v) is 13.4. The summed E-state index contributed by atoms with van der Waals surface area (Å²) in [5.74, 6) is 0. The largest absolute Gasteiger partial charge is 0.311 e. The Bertz CT molecular complexity index is 420. The van der Waals surface area contributed by atoms with Crippen LogP contribution in [0.3, 0.4) is 0 Å². The number of halogens is 2. The van der Waals surface area contributed by atoms with Gasteiger partial charge < -0.3 is 5.32 Å². The van der Waals surface area contributed by atoms with Crippen LogP contribution in [-0.4, -0.2) is 30.6 Å². The molecule has 1 aliphatic rings. The molecule has 106 valence electrons. The van der Waals surface area contributed by atoms with E-state index in [2.05, 4.69) is 31.0 Å². The van der Waals surface area contributed by atoms with Gasteiger partial charge in [-0.05, 0) is 17.5 Å². The molecule has 0 amide bonds. The fourth-order valence-corrected chi connectivity index (χ4v) is 2.96. The van der Waals surface area contributed by atoms with Gasteiger partial charge in [0.2, 0.25) is 0 Å². The zero-order valence-electron chi connectivity index (χ0n) is 11.8. The summed E-state index contributed by atoms with van der Waals surface area (Å²) in [6.07, 6.45) is 0. The summed E-state index contributed by atoms with van der Waals surface area (Å²) in [5, 5.41) is 5.12. The van der Waals surface area contributed by atoms with Crippen LogP contribution in [0.15, 0.2) is 18.2 Å². The Morgan fingerprint density at radius 1 is 1.26 bits per heavy atom. The zero-order chi connectivity index (χ0) is 14.0. The van der Waals surface area contributed by atoms with Crippen molar-refractivity contribution in [1.29, 1.82) is 0 Å². The van der Waals surface area contributed by atoms with Crippen molar-refractivity contribution in [1.82, 2.24) is 10.2 Å². The van der Waals surface area contributed by atoms with Crippen LogP contribution in [0.1, 0.15) is 26.3 Å². The smallest absolute Gasteiger partial charge is 0.0465 e. The number of nitrogens with one attached hydrogen (secondary N) is 1. The molecule has 1 heterocycles. The highest BCUT2D eigenvalue weighted by molar-refractivity contribution is 6.35. The molecule has 4 heteroatoms. The van der Waals surface area contributed by atoms with Crippen molar-refractivity contribution in [3.8, 4) is 0 Å². The molecule has 0 radical (unpaired) electrons. The van der Waals surface area contributed by atoms with Crippen molar-refractivity contribution in [3.63, 3.8) is 0 Å². The molecule has 2 nitrogen and oxygen atoms in total. The number of benzene rings is 1. The normalized spacial score (nSPS) is 21.6. The van der Waals surface area contributed by atoms with E-state index in [0.717, 1.165) is 41.8 Å². The van der Waals surface area contributed by atoms with Crippen LogP contribution < -0.4 is 5.32 Å². The van der Waals surface area contributed by atoms with E-state index < -0.39 is 0 Å². The number of rotatable bonds is 2. The maximum atomic E-state index is 6.25. The highest BCUT2D eigenvalue weighted by Gasteiger charge is 2.29. The lowest BCUT2D eigenvalue weighted by atomic mass is 9.85. The minimum Gasteiger partial charge on any atom is -0.311 e. The Kier molecular flexibility index (Phi) is 4.78. The number of hydrogen-bond acceptors (Lipinski definition) is 2. The average molecular weight is 301 g/mol. The van der Waals surface area contributed by atoms with Gasteiger partial charge in [-0.1, -0.05) is 50.0 Å². The van der Waals surface area contributed by atoms with Crippen molar-refractivity contribution < 1.29 is 0 Å². The van der Waals surface area contributed by atoms with E-state index in [1.807, 2.05) is 18.2 Å². The first-order valence-electron chi connectivity index (χ1n) is 6.76. The van der Waals surface area contributed by atoms with Crippen LogP contribution in [0, 0.1) is 5.41 Å². The van der Waals surface area contributed by atoms with E-state index >= 15 is 0 Å². The molecule has 0 saturated carbocycles. The molecule has 0 bridgehead atoms. The monoisotopic (exact) mass is 300 g/mol. The molecule has 19 heavy (non-hydrogen) atoms. The molecule has 1 atom stereocenters. The molecule has 1 aliphatic heterocycles. The number of nitrogens with zero attached hydrogens (tertiary/aromatic N) is 1. The van der Waals surface area contributed by atoms with Crippen molar-refractivity contribution in [3.05, 3.63) is 33.8 Å². The van der Waals surface area contributed by atoms with Crippen LogP contribution in [0.2, 0.25) is 10.0 Å². The molecule has 1 aromatic rings. The third kappa shape index (κ3) is 3.85. The first-order chi connectivity index (χ1) is 8.88. The topological polar surface area (TPSA) is 15.3 Å². The maximum absolute atomic E-state index is 6.25. The summed E-state index contributed by atoms with van der Waals surface area (Å²) < 4.78 is 0. The molecule has 2 rings (SSSR count). The molecule has 0 aromatic heterocycles. The molecule has 1 N–H and O–H groups in total. The quantitative estimate of drug-likeness (QED) is 0.893. The Labute approximate surface area is 126 Å². The van der Waals surface area contributed by atoms with Gasteiger partial charge in [0.05, 0.1) is 0 Å². The second-order valence-electron chi connectivity index (χ2n) is 6.31. The lowest BCUT2D eigenvalue weighted by Crippen LogP contribution is -2.55. The van der Waals surface area contributed by atoms with Crippen molar-refractivity contribution in [2.24, 2.45) is 5.41 Å². The fourth-order valence-electron chi connectivity index (χ4n) is 2.44. The summed E-state index contributed by atoms with van der Waals surface area (Å²) in [6, 6.07) is 6.21. The van der Waals surface area contributed by atoms with Crippen LogP contribution >= 0.6 is 23.2 Å². The summed E-state index contributed by atoms with van der Waals surface area (Å²) in [6.45, 7) is 10.7. The Morgan fingerprint density at radius 3 is 2.47 bits per heavy atom. The van der Waals surface area contributed by atoms with Crippen molar-refractivity contribution in [2.75, 3.05) is 19.6 Å². The number of piperazine rings is 1. The molecule has 0 aliphatic carbocycles. The van der Waals surface area contributed by atoms with Crippen LogP contribution in [-0.2, 0) is 6.54 Å². The molecule has 1 unspecified atom stereocenters. The fraction of sp³-hybridized carbons (Fsp3) is 0.600. The van der Waals surface area contributed by atoms with Gasteiger partial charge in [-0.2, -0.15) is 0 Å². The lowest BCUT2D eigenvalue weighted by molar-refractivity contribution is 0.129.